The predicted molar refractivity (Wildman–Crippen MR) is 108 cm³/mol. The van der Waals surface area contributed by atoms with Gasteiger partial charge in [0.15, 0.2) is 5.75 Å². The molecule has 12 heteroatoms. The first kappa shape index (κ1) is 24.1. The number of aromatic nitrogens is 1. The van der Waals surface area contributed by atoms with Gasteiger partial charge in [0.1, 0.15) is 5.56 Å². The van der Waals surface area contributed by atoms with Crippen LogP contribution in [0, 0.1) is 0 Å². The lowest BCUT2D eigenvalue weighted by atomic mass is 9.86. The molecule has 0 bridgehead atoms. The van der Waals surface area contributed by atoms with Crippen molar-refractivity contribution in [2.45, 2.75) is 36.2 Å². The maximum Gasteiger partial charge on any atom is 0.430 e. The fourth-order valence-corrected chi connectivity index (χ4v) is 4.27. The molecule has 0 aliphatic heterocycles. The quantitative estimate of drug-likeness (QED) is 0.397. The van der Waals surface area contributed by atoms with Crippen molar-refractivity contribution < 1.29 is 46.5 Å². The van der Waals surface area contributed by atoms with Crippen LogP contribution in [0.15, 0.2) is 42.5 Å². The Labute approximate surface area is 192 Å². The molecule has 1 aliphatic carbocycles. The molecule has 3 aromatic rings. The predicted octanol–water partition coefficient (Wildman–Crippen LogP) is 5.68. The number of carboxylic acids is 1. The molecule has 0 unspecified atom stereocenters. The van der Waals surface area contributed by atoms with E-state index in [1.165, 1.54) is 24.3 Å². The van der Waals surface area contributed by atoms with Crippen LogP contribution in [-0.2, 0) is 11.0 Å². The van der Waals surface area contributed by atoms with Gasteiger partial charge in [-0.15, -0.1) is 0 Å². The van der Waals surface area contributed by atoms with Crippen LogP contribution in [0.2, 0.25) is 5.02 Å². The summed E-state index contributed by atoms with van der Waals surface area (Å²) in [6.07, 6.45) is -11.9. The fourth-order valence-electron chi connectivity index (χ4n) is 4.14. The molecule has 5 nitrogen and oxygen atoms in total. The van der Waals surface area contributed by atoms with Crippen molar-refractivity contribution in [1.82, 2.24) is 4.98 Å². The highest BCUT2D eigenvalue weighted by atomic mass is 35.5. The summed E-state index contributed by atoms with van der Waals surface area (Å²) in [6.45, 7) is 0. The van der Waals surface area contributed by atoms with E-state index >= 15 is 0 Å². The van der Waals surface area contributed by atoms with Gasteiger partial charge >= 0.3 is 18.3 Å². The second-order valence-electron chi connectivity index (χ2n) is 7.99. The SMILES string of the molecule is O=C(O)c1c(O)c(C2(c3ccc(Cl)cc3)CC2)nc2c(C(O)(C(F)(F)F)C(F)(F)F)cccc12. The summed E-state index contributed by atoms with van der Waals surface area (Å²) in [5.74, 6) is -2.68. The molecule has 0 atom stereocenters. The minimum absolute atomic E-state index is 0.282. The molecule has 1 fully saturated rings. The molecule has 4 rings (SSSR count). The molecule has 1 saturated carbocycles. The maximum atomic E-state index is 13.6. The highest BCUT2D eigenvalue weighted by Crippen LogP contribution is 2.57. The summed E-state index contributed by atoms with van der Waals surface area (Å²) >= 11 is 5.88. The summed E-state index contributed by atoms with van der Waals surface area (Å²) in [7, 11) is 0. The van der Waals surface area contributed by atoms with E-state index in [9.17, 15) is 46.5 Å². The zero-order valence-electron chi connectivity index (χ0n) is 16.8. The van der Waals surface area contributed by atoms with Gasteiger partial charge in [-0.3, -0.25) is 0 Å². The first-order valence-corrected chi connectivity index (χ1v) is 10.0. The molecule has 180 valence electrons. The largest absolute Gasteiger partial charge is 0.505 e. The van der Waals surface area contributed by atoms with Crippen LogP contribution in [0.5, 0.6) is 5.75 Å². The number of carbonyl (C=O) groups is 1. The van der Waals surface area contributed by atoms with Crippen LogP contribution < -0.4 is 0 Å². The molecule has 1 aromatic heterocycles. The third-order valence-corrected chi connectivity index (χ3v) is 6.27. The smallest absolute Gasteiger partial charge is 0.430 e. The number of hydrogen-bond acceptors (Lipinski definition) is 4. The summed E-state index contributed by atoms with van der Waals surface area (Å²) in [6, 6.07) is 8.07. The van der Waals surface area contributed by atoms with E-state index in [1.54, 1.807) is 0 Å². The van der Waals surface area contributed by atoms with E-state index in [0.717, 1.165) is 12.1 Å². The normalized spacial score (nSPS) is 16.0. The highest BCUT2D eigenvalue weighted by Gasteiger charge is 2.72. The zero-order chi connectivity index (χ0) is 25.3. The molecule has 3 N–H and O–H groups in total. The molecule has 0 spiro atoms. The summed E-state index contributed by atoms with van der Waals surface area (Å²) in [4.78, 5) is 15.9. The number of benzene rings is 2. The number of hydrogen-bond donors (Lipinski definition) is 3. The molecule has 0 saturated heterocycles. The lowest BCUT2D eigenvalue weighted by Gasteiger charge is -2.33. The van der Waals surface area contributed by atoms with Gasteiger partial charge in [0.05, 0.1) is 11.2 Å². The topological polar surface area (TPSA) is 90.7 Å². The summed E-state index contributed by atoms with van der Waals surface area (Å²) in [5, 5.41) is 30.1. The first-order chi connectivity index (χ1) is 15.6. The van der Waals surface area contributed by atoms with E-state index < -0.39 is 62.8 Å². The minimum atomic E-state index is -6.21. The Kier molecular flexibility index (Phi) is 5.30. The Balaban J connectivity index is 2.12. The second-order valence-corrected chi connectivity index (χ2v) is 8.42. The molecular weight excluding hydrogens is 492 g/mol. The van der Waals surface area contributed by atoms with Crippen molar-refractivity contribution >= 4 is 28.5 Å². The number of aromatic hydroxyl groups is 1. The Hall–Kier alpha value is -3.05. The number of halogens is 7. The lowest BCUT2D eigenvalue weighted by molar-refractivity contribution is -0.375. The molecule has 1 heterocycles. The van der Waals surface area contributed by atoms with Gasteiger partial charge < -0.3 is 15.3 Å². The van der Waals surface area contributed by atoms with Gasteiger partial charge in [0.25, 0.3) is 5.60 Å². The van der Waals surface area contributed by atoms with Gasteiger partial charge in [-0.05, 0) is 30.5 Å². The zero-order valence-corrected chi connectivity index (χ0v) is 17.6. The van der Waals surface area contributed by atoms with Crippen molar-refractivity contribution in [3.63, 3.8) is 0 Å². The second kappa shape index (κ2) is 7.47. The highest BCUT2D eigenvalue weighted by molar-refractivity contribution is 6.30. The number of aliphatic hydroxyl groups is 1. The number of aromatic carboxylic acids is 1. The van der Waals surface area contributed by atoms with E-state index in [4.69, 9.17) is 11.6 Å². The average molecular weight is 506 g/mol. The first-order valence-electron chi connectivity index (χ1n) is 9.67. The third kappa shape index (κ3) is 3.37. The number of para-hydroxylation sites is 1. The van der Waals surface area contributed by atoms with E-state index in [1.807, 2.05) is 0 Å². The van der Waals surface area contributed by atoms with Crippen LogP contribution in [0.3, 0.4) is 0 Å². The minimum Gasteiger partial charge on any atom is -0.505 e. The molecule has 0 radical (unpaired) electrons. The van der Waals surface area contributed by atoms with Crippen LogP contribution >= 0.6 is 11.6 Å². The number of nitrogens with zero attached hydrogens (tertiary/aromatic N) is 1. The number of fused-ring (bicyclic) bond motifs is 1. The van der Waals surface area contributed by atoms with Crippen molar-refractivity contribution in [3.05, 3.63) is 69.9 Å². The van der Waals surface area contributed by atoms with Crippen molar-refractivity contribution in [3.8, 4) is 5.75 Å². The van der Waals surface area contributed by atoms with E-state index in [-0.39, 0.29) is 12.8 Å². The molecule has 2 aromatic carbocycles. The number of carboxylic acid groups (broad SMARTS) is 1. The van der Waals surface area contributed by atoms with Crippen molar-refractivity contribution in [2.75, 3.05) is 0 Å². The summed E-state index contributed by atoms with van der Waals surface area (Å²) < 4.78 is 81.8. The van der Waals surface area contributed by atoms with E-state index in [0.29, 0.717) is 16.7 Å². The number of rotatable bonds is 4. The third-order valence-electron chi connectivity index (χ3n) is 6.01. The molecule has 1 aliphatic rings. The van der Waals surface area contributed by atoms with E-state index in [2.05, 4.69) is 4.98 Å². The van der Waals surface area contributed by atoms with Crippen molar-refractivity contribution in [2.24, 2.45) is 0 Å². The Morgan fingerprint density at radius 2 is 1.53 bits per heavy atom. The van der Waals surface area contributed by atoms with Crippen LogP contribution in [-0.4, -0.2) is 38.6 Å². The van der Waals surface area contributed by atoms with Gasteiger partial charge in [-0.2, -0.15) is 26.3 Å². The van der Waals surface area contributed by atoms with Crippen LogP contribution in [0.25, 0.3) is 10.9 Å². The molecule has 0 amide bonds. The Morgan fingerprint density at radius 3 is 2.00 bits per heavy atom. The Bertz CT molecular complexity index is 1290. The van der Waals surface area contributed by atoms with Gasteiger partial charge in [-0.25, -0.2) is 9.78 Å². The monoisotopic (exact) mass is 505 g/mol. The van der Waals surface area contributed by atoms with Gasteiger partial charge in [0.2, 0.25) is 0 Å². The lowest BCUT2D eigenvalue weighted by Crippen LogP contribution is -2.54. The fraction of sp³-hybridized carbons (Fsp3) is 0.273. The van der Waals surface area contributed by atoms with Gasteiger partial charge in [-0.1, -0.05) is 41.9 Å². The Morgan fingerprint density at radius 1 is 0.971 bits per heavy atom. The molecular formula is C22H14ClF6NO4. The van der Waals surface area contributed by atoms with Crippen LogP contribution in [0.1, 0.15) is 40.0 Å². The average Bonchev–Trinajstić information content (AvgIpc) is 3.52. The van der Waals surface area contributed by atoms with Crippen molar-refractivity contribution in [1.29, 1.82) is 0 Å². The van der Waals surface area contributed by atoms with Crippen LogP contribution in [0.4, 0.5) is 26.3 Å². The molecule has 34 heavy (non-hydrogen) atoms. The maximum absolute atomic E-state index is 13.6. The standard InChI is InChI=1S/C22H14ClF6NO4/c23-11-6-4-10(5-7-11)19(8-9-19)17-16(31)14(18(32)33)12-2-1-3-13(15(12)30-17)20(34,21(24,25)26)22(27,28)29/h1-7,31,34H,8-9H2,(H,32,33). The van der Waals surface area contributed by atoms with Gasteiger partial charge in [0, 0.05) is 21.4 Å². The number of pyridine rings is 1. The summed E-state index contributed by atoms with van der Waals surface area (Å²) in [5.41, 5.74) is -10.1. The number of alkyl halides is 6.